The maximum Gasteiger partial charge on any atom is 0.273 e. The predicted octanol–water partition coefficient (Wildman–Crippen LogP) is 3.08. The minimum Gasteiger partial charge on any atom is -0.0998 e. The number of hydrogen-bond donors (Lipinski definition) is 0. The highest BCUT2D eigenvalue weighted by Crippen LogP contribution is 2.04. The van der Waals surface area contributed by atoms with Crippen LogP contribution in [0.5, 0.6) is 0 Å². The van der Waals surface area contributed by atoms with Crippen molar-refractivity contribution in [3.8, 4) is 6.07 Å². The van der Waals surface area contributed by atoms with Gasteiger partial charge in [0.05, 0.1) is 6.42 Å². The Kier molecular flexibility index (Phi) is 4.66. The van der Waals surface area contributed by atoms with Crippen molar-refractivity contribution in [2.45, 2.75) is 39.7 Å². The average Bonchev–Trinajstić information content (AvgIpc) is 1.82. The molecule has 0 aromatic carbocycles. The van der Waals surface area contributed by atoms with E-state index in [-0.39, 0.29) is 0 Å². The predicted molar refractivity (Wildman–Crippen MR) is 46.4 cm³/mol. The van der Waals surface area contributed by atoms with Gasteiger partial charge in [-0.05, 0) is 13.8 Å². The van der Waals surface area contributed by atoms with Gasteiger partial charge < -0.3 is 0 Å². The maximum atomic E-state index is 4.17. The second-order valence-corrected chi connectivity index (χ2v) is 2.65. The zero-order valence-electron chi connectivity index (χ0n) is 7.15. The summed E-state index contributed by atoms with van der Waals surface area (Å²) in [5.74, 6) is 0. The summed E-state index contributed by atoms with van der Waals surface area (Å²) < 4.78 is 0. The summed E-state index contributed by atoms with van der Waals surface area (Å²) in [5, 5.41) is 0. The van der Waals surface area contributed by atoms with Gasteiger partial charge in [-0.25, -0.2) is 0 Å². The molecule has 1 heteroatoms. The zero-order chi connectivity index (χ0) is 7.98. The number of rotatable bonds is 2. The summed E-state index contributed by atoms with van der Waals surface area (Å²) in [5.41, 5.74) is 1.19. The van der Waals surface area contributed by atoms with E-state index in [1.165, 1.54) is 5.57 Å². The van der Waals surface area contributed by atoms with Crippen LogP contribution in [0.1, 0.15) is 33.6 Å². The standard InChI is InChI=1S/C9H16N/c1-5-6-10-9(4)7-8(2)3/h9H,2,5,7H2,1,3-4H3/q+1. The van der Waals surface area contributed by atoms with E-state index >= 15 is 0 Å². The van der Waals surface area contributed by atoms with Crippen molar-refractivity contribution in [3.63, 3.8) is 0 Å². The first-order valence-corrected chi connectivity index (χ1v) is 3.74. The third-order valence-corrected chi connectivity index (χ3v) is 1.11. The molecule has 0 saturated heterocycles. The van der Waals surface area contributed by atoms with Crippen molar-refractivity contribution in [1.82, 2.24) is 0 Å². The molecule has 0 radical (unpaired) electrons. The molecule has 0 fully saturated rings. The van der Waals surface area contributed by atoms with Crippen LogP contribution in [0.2, 0.25) is 0 Å². The van der Waals surface area contributed by atoms with Crippen molar-refractivity contribution < 1.29 is 0 Å². The van der Waals surface area contributed by atoms with Crippen molar-refractivity contribution in [2.24, 2.45) is 0 Å². The molecule has 0 spiro atoms. The van der Waals surface area contributed by atoms with Gasteiger partial charge in [-0.2, -0.15) is 0 Å². The highest BCUT2D eigenvalue weighted by molar-refractivity contribution is 4.99. The quantitative estimate of drug-likeness (QED) is 0.516. The van der Waals surface area contributed by atoms with E-state index < -0.39 is 0 Å². The first-order chi connectivity index (χ1) is 4.66. The van der Waals surface area contributed by atoms with Crippen LogP contribution in [0.15, 0.2) is 12.2 Å². The lowest BCUT2D eigenvalue weighted by atomic mass is 10.1. The SMILES string of the molecule is C=C(C)CC(C)[N+]#CCC. The van der Waals surface area contributed by atoms with E-state index in [0.29, 0.717) is 6.04 Å². The maximum absolute atomic E-state index is 4.17. The van der Waals surface area contributed by atoms with Gasteiger partial charge in [0, 0.05) is 13.3 Å². The van der Waals surface area contributed by atoms with Crippen molar-refractivity contribution in [1.29, 1.82) is 0 Å². The topological polar surface area (TPSA) is 4.36 Å². The Morgan fingerprint density at radius 2 is 2.30 bits per heavy atom. The van der Waals surface area contributed by atoms with Crippen molar-refractivity contribution in [2.75, 3.05) is 0 Å². The Labute approximate surface area is 63.6 Å². The molecule has 0 rings (SSSR count). The molecule has 0 saturated carbocycles. The fourth-order valence-corrected chi connectivity index (χ4v) is 0.797. The Balaban J connectivity index is 3.63. The molecule has 1 unspecified atom stereocenters. The Morgan fingerprint density at radius 1 is 1.70 bits per heavy atom. The van der Waals surface area contributed by atoms with Gasteiger partial charge >= 0.3 is 0 Å². The Morgan fingerprint density at radius 3 is 2.70 bits per heavy atom. The lowest BCUT2D eigenvalue weighted by molar-refractivity contribution is 0.835. The smallest absolute Gasteiger partial charge is 0.0998 e. The molecule has 0 amide bonds. The molecule has 0 aliphatic carbocycles. The van der Waals surface area contributed by atoms with Crippen LogP contribution >= 0.6 is 0 Å². The first-order valence-electron chi connectivity index (χ1n) is 3.74. The normalized spacial score (nSPS) is 11.5. The molecule has 0 aromatic rings. The second kappa shape index (κ2) is 5.05. The zero-order valence-corrected chi connectivity index (χ0v) is 7.15. The van der Waals surface area contributed by atoms with Gasteiger partial charge in [-0.15, -0.1) is 0 Å². The summed E-state index contributed by atoms with van der Waals surface area (Å²) >= 11 is 0. The van der Waals surface area contributed by atoms with Gasteiger partial charge in [0.25, 0.3) is 12.1 Å². The van der Waals surface area contributed by atoms with Crippen LogP contribution in [-0.4, -0.2) is 6.04 Å². The van der Waals surface area contributed by atoms with Crippen LogP contribution in [0.4, 0.5) is 0 Å². The van der Waals surface area contributed by atoms with E-state index in [4.69, 9.17) is 0 Å². The van der Waals surface area contributed by atoms with E-state index in [9.17, 15) is 0 Å². The first kappa shape index (κ1) is 9.23. The molecule has 0 bridgehead atoms. The molecule has 0 heterocycles. The van der Waals surface area contributed by atoms with Crippen LogP contribution in [0, 0.1) is 6.07 Å². The summed E-state index contributed by atoms with van der Waals surface area (Å²) in [7, 11) is 0. The fourth-order valence-electron chi connectivity index (χ4n) is 0.797. The van der Waals surface area contributed by atoms with Crippen molar-refractivity contribution >= 4 is 0 Å². The molecule has 1 nitrogen and oxygen atoms in total. The van der Waals surface area contributed by atoms with Gasteiger partial charge in [-0.3, -0.25) is 0 Å². The molecular weight excluding hydrogens is 122 g/mol. The van der Waals surface area contributed by atoms with Gasteiger partial charge in [0.15, 0.2) is 0 Å². The van der Waals surface area contributed by atoms with Crippen LogP contribution in [0.25, 0.3) is 4.85 Å². The third-order valence-electron chi connectivity index (χ3n) is 1.11. The molecule has 1 atom stereocenters. The third kappa shape index (κ3) is 5.37. The highest BCUT2D eigenvalue weighted by atomic mass is 14.7. The van der Waals surface area contributed by atoms with E-state index in [2.05, 4.69) is 24.4 Å². The van der Waals surface area contributed by atoms with Gasteiger partial charge in [-0.1, -0.05) is 17.0 Å². The number of nitrogens with zero attached hydrogens (tertiary/aromatic N) is 1. The fraction of sp³-hybridized carbons (Fsp3) is 0.667. The lowest BCUT2D eigenvalue weighted by Crippen LogP contribution is -1.93. The Hall–Kier alpha value is -0.770. The van der Waals surface area contributed by atoms with E-state index in [1.54, 1.807) is 0 Å². The molecule has 0 N–H and O–H groups in total. The molecule has 56 valence electrons. The summed E-state index contributed by atoms with van der Waals surface area (Å²) in [6.07, 6.45) is 1.88. The Bertz CT molecular complexity index is 159. The minimum absolute atomic E-state index is 0.359. The van der Waals surface area contributed by atoms with Crippen LogP contribution < -0.4 is 0 Å². The summed E-state index contributed by atoms with van der Waals surface area (Å²) in [6.45, 7) is 9.96. The van der Waals surface area contributed by atoms with E-state index in [1.807, 2.05) is 13.8 Å². The molecule has 10 heavy (non-hydrogen) atoms. The highest BCUT2D eigenvalue weighted by Gasteiger charge is 2.07. The van der Waals surface area contributed by atoms with Crippen molar-refractivity contribution in [3.05, 3.63) is 17.0 Å². The van der Waals surface area contributed by atoms with Gasteiger partial charge in [0.2, 0.25) is 0 Å². The van der Waals surface area contributed by atoms with Crippen LogP contribution in [0.3, 0.4) is 0 Å². The van der Waals surface area contributed by atoms with Crippen LogP contribution in [-0.2, 0) is 0 Å². The molecular formula is C9H16N+. The molecule has 0 aromatic heterocycles. The second-order valence-electron chi connectivity index (χ2n) is 2.65. The van der Waals surface area contributed by atoms with E-state index in [0.717, 1.165) is 12.8 Å². The molecule has 0 aliphatic rings. The minimum atomic E-state index is 0.359. The molecule has 0 aliphatic heterocycles. The lowest BCUT2D eigenvalue weighted by Gasteiger charge is -1.90. The van der Waals surface area contributed by atoms with Gasteiger partial charge in [0.1, 0.15) is 0 Å². The number of hydrogen-bond acceptors (Lipinski definition) is 0. The largest absolute Gasteiger partial charge is 0.273 e. The summed E-state index contributed by atoms with van der Waals surface area (Å²) in [6, 6.07) is 3.30. The average molecular weight is 138 g/mol. The monoisotopic (exact) mass is 138 g/mol. The summed E-state index contributed by atoms with van der Waals surface area (Å²) in [4.78, 5) is 4.17.